The number of amides is 1. The monoisotopic (exact) mass is 467 g/mol. The van der Waals surface area contributed by atoms with Crippen LogP contribution in [0, 0.1) is 0 Å². The van der Waals surface area contributed by atoms with E-state index in [0.717, 1.165) is 0 Å². The molecule has 0 fully saturated rings. The minimum atomic E-state index is -3.06. The Morgan fingerprint density at radius 3 is 2.47 bits per heavy atom. The van der Waals surface area contributed by atoms with Crippen molar-refractivity contribution < 1.29 is 32.3 Å². The zero-order valence-electron chi connectivity index (χ0n) is 17.9. The van der Waals surface area contributed by atoms with Crippen LogP contribution in [0.3, 0.4) is 0 Å². The van der Waals surface area contributed by atoms with Gasteiger partial charge in [0, 0.05) is 6.07 Å². The van der Waals surface area contributed by atoms with Crippen molar-refractivity contribution in [3.8, 4) is 22.9 Å². The quantitative estimate of drug-likeness (QED) is 0.370. The summed E-state index contributed by atoms with van der Waals surface area (Å²) in [5, 5.41) is 6.87. The number of ether oxygens (including phenoxy) is 2. The van der Waals surface area contributed by atoms with Crippen LogP contribution in [0.2, 0.25) is 0 Å². The van der Waals surface area contributed by atoms with Crippen LogP contribution in [0.5, 0.6) is 5.75 Å². The van der Waals surface area contributed by atoms with Crippen LogP contribution in [-0.4, -0.2) is 34.4 Å². The van der Waals surface area contributed by atoms with Gasteiger partial charge in [-0.25, -0.2) is 9.48 Å². The summed E-state index contributed by atoms with van der Waals surface area (Å²) >= 11 is 0. The van der Waals surface area contributed by atoms with Gasteiger partial charge in [0.15, 0.2) is 17.6 Å². The number of aromatic nitrogens is 2. The second kappa shape index (κ2) is 9.99. The van der Waals surface area contributed by atoms with E-state index >= 15 is 0 Å². The summed E-state index contributed by atoms with van der Waals surface area (Å²) < 4.78 is 41.7. The first-order valence-corrected chi connectivity index (χ1v) is 10.2. The van der Waals surface area contributed by atoms with Gasteiger partial charge in [-0.2, -0.15) is 13.9 Å². The smallest absolute Gasteiger partial charge is 0.387 e. The summed E-state index contributed by atoms with van der Waals surface area (Å²) in [4.78, 5) is 25.6. The Morgan fingerprint density at radius 1 is 1.03 bits per heavy atom. The van der Waals surface area contributed by atoms with Gasteiger partial charge in [-0.3, -0.25) is 4.79 Å². The molecule has 1 amide bonds. The highest BCUT2D eigenvalue weighted by atomic mass is 19.3. The lowest BCUT2D eigenvalue weighted by molar-refractivity contribution is -0.123. The number of hydrogen-bond donors (Lipinski definition) is 1. The first-order valence-electron chi connectivity index (χ1n) is 10.2. The molecular formula is C24H19F2N3O5. The number of benzene rings is 2. The highest BCUT2D eigenvalue weighted by Crippen LogP contribution is 2.26. The van der Waals surface area contributed by atoms with E-state index in [1.54, 1.807) is 42.5 Å². The molecule has 0 aliphatic heterocycles. The van der Waals surface area contributed by atoms with Gasteiger partial charge in [-0.15, -0.1) is 0 Å². The van der Waals surface area contributed by atoms with Gasteiger partial charge in [0.2, 0.25) is 0 Å². The van der Waals surface area contributed by atoms with E-state index in [1.165, 1.54) is 42.1 Å². The average molecular weight is 467 g/mol. The zero-order valence-corrected chi connectivity index (χ0v) is 17.9. The predicted octanol–water partition coefficient (Wildman–Crippen LogP) is 4.92. The fourth-order valence-electron chi connectivity index (χ4n) is 3.11. The molecule has 0 aliphatic carbocycles. The number of halogens is 2. The Kier molecular flexibility index (Phi) is 6.67. The number of nitrogens with zero attached hydrogens (tertiary/aromatic N) is 2. The van der Waals surface area contributed by atoms with Gasteiger partial charge in [-0.1, -0.05) is 30.3 Å². The third-order valence-corrected chi connectivity index (χ3v) is 4.71. The topological polar surface area (TPSA) is 95.6 Å². The minimum Gasteiger partial charge on any atom is -0.463 e. The van der Waals surface area contributed by atoms with Crippen LogP contribution < -0.4 is 10.1 Å². The Bertz CT molecular complexity index is 1270. The average Bonchev–Trinajstić information content (AvgIpc) is 3.51. The Labute approximate surface area is 192 Å². The Balaban J connectivity index is 1.54. The normalized spacial score (nSPS) is 11.8. The van der Waals surface area contributed by atoms with Gasteiger partial charge in [0.05, 0.1) is 17.6 Å². The number of carbonyl (C=O) groups excluding carboxylic acids is 2. The van der Waals surface area contributed by atoms with E-state index in [9.17, 15) is 18.4 Å². The maximum Gasteiger partial charge on any atom is 0.387 e. The second-order valence-electron chi connectivity index (χ2n) is 7.05. The van der Waals surface area contributed by atoms with Crippen LogP contribution in [0.4, 0.5) is 14.5 Å². The van der Waals surface area contributed by atoms with Crippen LogP contribution >= 0.6 is 0 Å². The number of hydrogen-bond acceptors (Lipinski definition) is 6. The first-order chi connectivity index (χ1) is 16.4. The second-order valence-corrected chi connectivity index (χ2v) is 7.05. The van der Waals surface area contributed by atoms with Crippen LogP contribution in [0.1, 0.15) is 17.4 Å². The number of nitrogens with one attached hydrogen (secondary N) is 1. The lowest BCUT2D eigenvalue weighted by Gasteiger charge is -2.16. The fourth-order valence-corrected chi connectivity index (χ4v) is 3.11. The molecule has 0 saturated heterocycles. The van der Waals surface area contributed by atoms with Gasteiger partial charge >= 0.3 is 12.6 Å². The van der Waals surface area contributed by atoms with Crippen molar-refractivity contribution in [3.05, 3.63) is 84.8 Å². The summed E-state index contributed by atoms with van der Waals surface area (Å²) in [6.07, 6.45) is 0.231. The molecule has 1 atom stereocenters. The molecule has 2 aromatic heterocycles. The summed E-state index contributed by atoms with van der Waals surface area (Å²) in [5.41, 5.74) is 1.09. The van der Waals surface area contributed by atoms with E-state index in [1.807, 2.05) is 6.07 Å². The molecule has 8 nitrogen and oxygen atoms in total. The summed E-state index contributed by atoms with van der Waals surface area (Å²) in [6, 6.07) is 19.5. The number of para-hydroxylation sites is 3. The molecular weight excluding hydrogens is 448 g/mol. The standard InChI is InChI=1S/C24H19F2N3O5/c1-15(22(30)27-17-10-5-6-11-21(17)34-24(25)26)33-23(31)19-14-18(20-12-7-13-32-20)28-29(19)16-8-3-2-4-9-16/h2-15,24H,1H3,(H,27,30). The minimum absolute atomic E-state index is 0.0186. The van der Waals surface area contributed by atoms with E-state index in [0.29, 0.717) is 17.1 Å². The van der Waals surface area contributed by atoms with E-state index in [-0.39, 0.29) is 17.1 Å². The lowest BCUT2D eigenvalue weighted by Crippen LogP contribution is -2.30. The van der Waals surface area contributed by atoms with Crippen LogP contribution in [0.15, 0.2) is 83.5 Å². The number of anilines is 1. The molecule has 174 valence electrons. The van der Waals surface area contributed by atoms with E-state index in [4.69, 9.17) is 9.15 Å². The van der Waals surface area contributed by atoms with Gasteiger partial charge < -0.3 is 19.2 Å². The SMILES string of the molecule is CC(OC(=O)c1cc(-c2ccco2)nn1-c1ccccc1)C(=O)Nc1ccccc1OC(F)F. The maximum absolute atomic E-state index is 13.0. The molecule has 0 saturated carbocycles. The van der Waals surface area contributed by atoms with Crippen molar-refractivity contribution in [1.82, 2.24) is 9.78 Å². The summed E-state index contributed by atoms with van der Waals surface area (Å²) in [5.74, 6) is -1.30. The molecule has 1 unspecified atom stereocenters. The number of alkyl halides is 2. The third-order valence-electron chi connectivity index (χ3n) is 4.71. The molecule has 4 rings (SSSR count). The van der Waals surface area contributed by atoms with Gasteiger partial charge in [0.1, 0.15) is 11.4 Å². The summed E-state index contributed by atoms with van der Waals surface area (Å²) in [7, 11) is 0. The Hall–Kier alpha value is -4.47. The molecule has 0 radical (unpaired) electrons. The van der Waals surface area contributed by atoms with E-state index < -0.39 is 24.6 Å². The largest absolute Gasteiger partial charge is 0.463 e. The van der Waals surface area contributed by atoms with Crippen molar-refractivity contribution in [2.45, 2.75) is 19.6 Å². The maximum atomic E-state index is 13.0. The van der Waals surface area contributed by atoms with Crippen LogP contribution in [-0.2, 0) is 9.53 Å². The molecule has 4 aromatic rings. The van der Waals surface area contributed by atoms with Gasteiger partial charge in [0.25, 0.3) is 5.91 Å². The molecule has 0 aliphatic rings. The van der Waals surface area contributed by atoms with Crippen molar-refractivity contribution in [1.29, 1.82) is 0 Å². The molecule has 10 heteroatoms. The van der Waals surface area contributed by atoms with Crippen molar-refractivity contribution in [2.24, 2.45) is 0 Å². The van der Waals surface area contributed by atoms with E-state index in [2.05, 4.69) is 15.2 Å². The number of rotatable bonds is 8. The van der Waals surface area contributed by atoms with Crippen molar-refractivity contribution in [3.63, 3.8) is 0 Å². The molecule has 0 bridgehead atoms. The molecule has 34 heavy (non-hydrogen) atoms. The number of esters is 1. The molecule has 2 aromatic carbocycles. The molecule has 0 spiro atoms. The first kappa shape index (κ1) is 22.7. The zero-order chi connectivity index (χ0) is 24.1. The summed E-state index contributed by atoms with van der Waals surface area (Å²) in [6.45, 7) is -1.70. The highest BCUT2D eigenvalue weighted by molar-refractivity contribution is 5.98. The predicted molar refractivity (Wildman–Crippen MR) is 118 cm³/mol. The number of furan rings is 1. The molecule has 1 N–H and O–H groups in total. The van der Waals surface area contributed by atoms with Crippen molar-refractivity contribution in [2.75, 3.05) is 5.32 Å². The lowest BCUT2D eigenvalue weighted by atomic mass is 10.2. The Morgan fingerprint density at radius 2 is 1.76 bits per heavy atom. The highest BCUT2D eigenvalue weighted by Gasteiger charge is 2.25. The third kappa shape index (κ3) is 5.12. The number of carbonyl (C=O) groups is 2. The van der Waals surface area contributed by atoms with Crippen molar-refractivity contribution >= 4 is 17.6 Å². The van der Waals surface area contributed by atoms with Crippen LogP contribution in [0.25, 0.3) is 17.1 Å². The van der Waals surface area contributed by atoms with Gasteiger partial charge in [-0.05, 0) is 43.3 Å². The molecule has 2 heterocycles. The fraction of sp³-hybridized carbons (Fsp3) is 0.125.